The molecule has 0 aliphatic heterocycles. The number of amides is 1. The Morgan fingerprint density at radius 2 is 1.73 bits per heavy atom. The van der Waals surface area contributed by atoms with Gasteiger partial charge in [0.15, 0.2) is 0 Å². The molecule has 3 aromatic carbocycles. The molecule has 0 aliphatic carbocycles. The highest BCUT2D eigenvalue weighted by atomic mass is 32.2. The second-order valence-corrected chi connectivity index (χ2v) is 8.49. The molecule has 30 heavy (non-hydrogen) atoms. The van der Waals surface area contributed by atoms with Crippen LogP contribution in [0.3, 0.4) is 0 Å². The highest BCUT2D eigenvalue weighted by Crippen LogP contribution is 2.27. The molecule has 10 heteroatoms. The standard InChI is InChI=1S/C20H19N3O6S/c1-14(20(24)21-25)22(13-17-8-4-5-9-19(17)23(26)27)30(28,29)18-11-10-15-6-2-3-7-16(15)12-18/h2-12,14,25H,13H2,1H3,(H,21,24)/t14-/m0/s1. The zero-order valence-electron chi connectivity index (χ0n) is 15.9. The van der Waals surface area contributed by atoms with Crippen molar-refractivity contribution in [2.45, 2.75) is 24.4 Å². The van der Waals surface area contributed by atoms with E-state index >= 15 is 0 Å². The van der Waals surface area contributed by atoms with Gasteiger partial charge < -0.3 is 0 Å². The summed E-state index contributed by atoms with van der Waals surface area (Å²) in [5, 5.41) is 21.9. The molecule has 156 valence electrons. The number of carbonyl (C=O) groups excluding carboxylic acids is 1. The highest BCUT2D eigenvalue weighted by Gasteiger charge is 2.34. The molecule has 1 atom stereocenters. The number of rotatable bonds is 7. The number of sulfonamides is 1. The van der Waals surface area contributed by atoms with E-state index in [-0.39, 0.29) is 16.1 Å². The van der Waals surface area contributed by atoms with Crippen molar-refractivity contribution in [1.82, 2.24) is 9.79 Å². The van der Waals surface area contributed by atoms with Gasteiger partial charge in [-0.2, -0.15) is 4.31 Å². The van der Waals surface area contributed by atoms with Gasteiger partial charge in [0.25, 0.3) is 11.6 Å². The van der Waals surface area contributed by atoms with Crippen molar-refractivity contribution in [1.29, 1.82) is 0 Å². The van der Waals surface area contributed by atoms with Crippen molar-refractivity contribution in [3.63, 3.8) is 0 Å². The van der Waals surface area contributed by atoms with Crippen LogP contribution in [-0.2, 0) is 21.4 Å². The van der Waals surface area contributed by atoms with Crippen LogP contribution >= 0.6 is 0 Å². The van der Waals surface area contributed by atoms with Crippen molar-refractivity contribution < 1.29 is 23.3 Å². The third-order valence-corrected chi connectivity index (χ3v) is 6.68. The monoisotopic (exact) mass is 429 g/mol. The Kier molecular flexibility index (Phi) is 6.11. The Morgan fingerprint density at radius 3 is 2.40 bits per heavy atom. The number of hydrogen-bond donors (Lipinski definition) is 2. The molecule has 9 nitrogen and oxygen atoms in total. The molecule has 3 rings (SSSR count). The summed E-state index contributed by atoms with van der Waals surface area (Å²) in [4.78, 5) is 22.7. The van der Waals surface area contributed by atoms with Gasteiger partial charge in [0.1, 0.15) is 6.04 Å². The summed E-state index contributed by atoms with van der Waals surface area (Å²) < 4.78 is 27.7. The summed E-state index contributed by atoms with van der Waals surface area (Å²) in [6, 6.07) is 16.1. The van der Waals surface area contributed by atoms with Crippen LogP contribution in [0.1, 0.15) is 12.5 Å². The molecular formula is C20H19N3O6S. The molecule has 0 fully saturated rings. The van der Waals surface area contributed by atoms with E-state index in [2.05, 4.69) is 0 Å². The first kappa shape index (κ1) is 21.4. The third kappa shape index (κ3) is 4.15. The Bertz CT molecular complexity index is 1210. The lowest BCUT2D eigenvalue weighted by molar-refractivity contribution is -0.385. The predicted molar refractivity (Wildman–Crippen MR) is 109 cm³/mol. The average molecular weight is 429 g/mol. The lowest BCUT2D eigenvalue weighted by atomic mass is 10.1. The maximum absolute atomic E-state index is 13.4. The van der Waals surface area contributed by atoms with Crippen molar-refractivity contribution in [2.24, 2.45) is 0 Å². The van der Waals surface area contributed by atoms with E-state index in [1.165, 1.54) is 42.7 Å². The number of hydrogen-bond acceptors (Lipinski definition) is 6. The smallest absolute Gasteiger partial charge is 0.273 e. The minimum Gasteiger partial charge on any atom is -0.289 e. The normalized spacial score (nSPS) is 12.6. The van der Waals surface area contributed by atoms with Gasteiger partial charge >= 0.3 is 0 Å². The van der Waals surface area contributed by atoms with E-state index in [9.17, 15) is 23.3 Å². The number of nitrogens with zero attached hydrogens (tertiary/aromatic N) is 2. The number of nitro benzene ring substituents is 1. The molecule has 0 saturated heterocycles. The third-order valence-electron chi connectivity index (χ3n) is 4.76. The van der Waals surface area contributed by atoms with Crippen molar-refractivity contribution in [3.8, 4) is 0 Å². The maximum atomic E-state index is 13.4. The van der Waals surface area contributed by atoms with Crippen LogP contribution in [-0.4, -0.2) is 34.8 Å². The summed E-state index contributed by atoms with van der Waals surface area (Å²) in [5.74, 6) is -0.960. The minimum absolute atomic E-state index is 0.0719. The van der Waals surface area contributed by atoms with Crippen LogP contribution in [0.15, 0.2) is 71.6 Å². The Hall–Kier alpha value is -3.34. The average Bonchev–Trinajstić information content (AvgIpc) is 2.76. The van der Waals surface area contributed by atoms with Gasteiger partial charge in [-0.3, -0.25) is 20.1 Å². The number of fused-ring (bicyclic) bond motifs is 1. The zero-order valence-corrected chi connectivity index (χ0v) is 16.7. The second kappa shape index (κ2) is 8.57. The molecule has 0 aliphatic rings. The molecule has 0 saturated carbocycles. The van der Waals surface area contributed by atoms with Gasteiger partial charge in [0.2, 0.25) is 10.0 Å². The lowest BCUT2D eigenvalue weighted by Crippen LogP contribution is -2.46. The van der Waals surface area contributed by atoms with Crippen molar-refractivity contribution in [2.75, 3.05) is 0 Å². The van der Waals surface area contributed by atoms with E-state index < -0.39 is 33.4 Å². The molecule has 0 radical (unpaired) electrons. The first-order chi connectivity index (χ1) is 14.3. The number of para-hydroxylation sites is 1. The molecular weight excluding hydrogens is 410 g/mol. The quantitative estimate of drug-likeness (QED) is 0.337. The summed E-state index contributed by atoms with van der Waals surface area (Å²) in [6.07, 6.45) is 0. The topological polar surface area (TPSA) is 130 Å². The molecule has 0 bridgehead atoms. The second-order valence-electron chi connectivity index (χ2n) is 6.60. The van der Waals surface area contributed by atoms with Crippen LogP contribution in [0.4, 0.5) is 5.69 Å². The first-order valence-electron chi connectivity index (χ1n) is 8.92. The largest absolute Gasteiger partial charge is 0.289 e. The number of carbonyl (C=O) groups is 1. The molecule has 0 heterocycles. The number of nitro groups is 1. The summed E-state index contributed by atoms with van der Waals surface area (Å²) in [7, 11) is -4.25. The van der Waals surface area contributed by atoms with Gasteiger partial charge in [0, 0.05) is 18.2 Å². The van der Waals surface area contributed by atoms with E-state index in [4.69, 9.17) is 5.21 Å². The van der Waals surface area contributed by atoms with Crippen LogP contribution in [0, 0.1) is 10.1 Å². The fraction of sp³-hybridized carbons (Fsp3) is 0.150. The van der Waals surface area contributed by atoms with Crippen LogP contribution in [0.5, 0.6) is 0 Å². The minimum atomic E-state index is -4.25. The first-order valence-corrected chi connectivity index (χ1v) is 10.4. The fourth-order valence-corrected chi connectivity index (χ4v) is 4.72. The van der Waals surface area contributed by atoms with E-state index in [0.717, 1.165) is 9.69 Å². The molecule has 3 aromatic rings. The van der Waals surface area contributed by atoms with Gasteiger partial charge in [-0.05, 0) is 29.8 Å². The molecule has 2 N–H and O–H groups in total. The van der Waals surface area contributed by atoms with E-state index in [0.29, 0.717) is 5.39 Å². The van der Waals surface area contributed by atoms with Gasteiger partial charge in [-0.15, -0.1) is 0 Å². The Morgan fingerprint density at radius 1 is 1.10 bits per heavy atom. The molecule has 1 amide bonds. The van der Waals surface area contributed by atoms with Crippen LogP contribution < -0.4 is 5.48 Å². The number of hydroxylamine groups is 1. The maximum Gasteiger partial charge on any atom is 0.273 e. The highest BCUT2D eigenvalue weighted by molar-refractivity contribution is 7.89. The van der Waals surface area contributed by atoms with Crippen LogP contribution in [0.2, 0.25) is 0 Å². The molecule has 0 unspecified atom stereocenters. The molecule has 0 aromatic heterocycles. The fourth-order valence-electron chi connectivity index (χ4n) is 3.11. The predicted octanol–water partition coefficient (Wildman–Crippen LogP) is 2.83. The molecule has 0 spiro atoms. The Balaban J connectivity index is 2.11. The summed E-state index contributed by atoms with van der Waals surface area (Å²) in [5.41, 5.74) is 1.29. The number of nitrogens with one attached hydrogen (secondary N) is 1. The Labute approximate surface area is 172 Å². The van der Waals surface area contributed by atoms with Crippen molar-refractivity contribution >= 4 is 32.4 Å². The SMILES string of the molecule is C[C@@H](C(=O)NO)N(Cc1ccccc1[N+](=O)[O-])S(=O)(=O)c1ccc2ccccc2c1. The van der Waals surface area contributed by atoms with Gasteiger partial charge in [-0.1, -0.05) is 48.5 Å². The van der Waals surface area contributed by atoms with E-state index in [1.807, 2.05) is 12.1 Å². The summed E-state index contributed by atoms with van der Waals surface area (Å²) >= 11 is 0. The lowest BCUT2D eigenvalue weighted by Gasteiger charge is -2.27. The van der Waals surface area contributed by atoms with Gasteiger partial charge in [0.05, 0.1) is 9.82 Å². The number of benzene rings is 3. The van der Waals surface area contributed by atoms with Crippen LogP contribution in [0.25, 0.3) is 10.8 Å². The van der Waals surface area contributed by atoms with Crippen molar-refractivity contribution in [3.05, 3.63) is 82.4 Å². The van der Waals surface area contributed by atoms with E-state index in [1.54, 1.807) is 24.3 Å². The summed E-state index contributed by atoms with van der Waals surface area (Å²) in [6.45, 7) is 0.861. The van der Waals surface area contributed by atoms with Gasteiger partial charge in [-0.25, -0.2) is 13.9 Å². The zero-order chi connectivity index (χ0) is 21.9.